The number of benzene rings is 1. The number of methoxy groups -OCH3 is 1. The molecule has 0 radical (unpaired) electrons. The van der Waals surface area contributed by atoms with Gasteiger partial charge in [0, 0.05) is 12.0 Å². The first-order valence-corrected chi connectivity index (χ1v) is 4.29. The van der Waals surface area contributed by atoms with E-state index in [1.165, 1.54) is 13.2 Å². The second kappa shape index (κ2) is 3.34. The fraction of sp³-hybridized carbons (Fsp3) is 0.200. The number of ketones is 1. The molecule has 0 heterocycles. The van der Waals surface area contributed by atoms with E-state index in [1.807, 2.05) is 0 Å². The molecule has 1 aromatic rings. The predicted octanol–water partition coefficient (Wildman–Crippen LogP) is 1.40. The highest BCUT2D eigenvalue weighted by atomic mass is 19.1. The van der Waals surface area contributed by atoms with E-state index in [0.29, 0.717) is 5.56 Å². The van der Waals surface area contributed by atoms with Crippen LogP contribution in [0.2, 0.25) is 0 Å². The lowest BCUT2D eigenvalue weighted by atomic mass is 10.1. The number of nitrogens with zero attached hydrogens (tertiary/aromatic N) is 1. The molecule has 15 heavy (non-hydrogen) atoms. The second-order valence-electron chi connectivity index (χ2n) is 3.20. The first kappa shape index (κ1) is 9.64. The van der Waals surface area contributed by atoms with Gasteiger partial charge in [-0.2, -0.15) is 0 Å². The summed E-state index contributed by atoms with van der Waals surface area (Å²) in [5, 5.41) is 11.4. The molecule has 0 unspecified atom stereocenters. The number of rotatable bonds is 1. The molecule has 0 atom stereocenters. The molecule has 0 spiro atoms. The number of oxime groups is 1. The van der Waals surface area contributed by atoms with Gasteiger partial charge >= 0.3 is 0 Å². The van der Waals surface area contributed by atoms with Gasteiger partial charge in [-0.1, -0.05) is 5.16 Å². The molecule has 1 aromatic carbocycles. The second-order valence-corrected chi connectivity index (χ2v) is 3.20. The Morgan fingerprint density at radius 2 is 2.27 bits per heavy atom. The lowest BCUT2D eigenvalue weighted by molar-refractivity contribution is 0.106. The van der Waals surface area contributed by atoms with Gasteiger partial charge in [0.05, 0.1) is 7.11 Å². The van der Waals surface area contributed by atoms with Crippen LogP contribution >= 0.6 is 0 Å². The molecule has 0 bridgehead atoms. The van der Waals surface area contributed by atoms with E-state index >= 15 is 0 Å². The van der Waals surface area contributed by atoms with Crippen LogP contribution in [0.4, 0.5) is 4.39 Å². The lowest BCUT2D eigenvalue weighted by Crippen LogP contribution is -2.07. The fourth-order valence-electron chi connectivity index (χ4n) is 1.61. The van der Waals surface area contributed by atoms with Crippen LogP contribution in [0.3, 0.4) is 0 Å². The molecule has 1 aliphatic rings. The summed E-state index contributed by atoms with van der Waals surface area (Å²) in [5.41, 5.74) is 0.879. The number of hydrogen-bond donors (Lipinski definition) is 1. The van der Waals surface area contributed by atoms with Crippen molar-refractivity contribution >= 4 is 11.5 Å². The highest BCUT2D eigenvalue weighted by Gasteiger charge is 2.28. The Morgan fingerprint density at radius 1 is 1.53 bits per heavy atom. The number of carbonyl (C=O) groups excluding carboxylic acids is 1. The zero-order valence-electron chi connectivity index (χ0n) is 7.95. The minimum Gasteiger partial charge on any atom is -0.494 e. The molecule has 2 rings (SSSR count). The van der Waals surface area contributed by atoms with Crippen molar-refractivity contribution in [2.45, 2.75) is 6.42 Å². The monoisotopic (exact) mass is 209 g/mol. The molecular weight excluding hydrogens is 201 g/mol. The minimum atomic E-state index is -0.594. The number of halogens is 1. The van der Waals surface area contributed by atoms with Crippen LogP contribution in [-0.4, -0.2) is 23.8 Å². The van der Waals surface area contributed by atoms with E-state index in [0.717, 1.165) is 6.07 Å². The van der Waals surface area contributed by atoms with Crippen LogP contribution in [0.25, 0.3) is 0 Å². The molecule has 0 saturated carbocycles. The van der Waals surface area contributed by atoms with Crippen molar-refractivity contribution in [1.82, 2.24) is 0 Å². The Morgan fingerprint density at radius 3 is 2.87 bits per heavy atom. The van der Waals surface area contributed by atoms with Crippen LogP contribution in [0.15, 0.2) is 17.3 Å². The number of ether oxygens (including phenoxy) is 1. The summed E-state index contributed by atoms with van der Waals surface area (Å²) in [6.45, 7) is 0. The SMILES string of the molecule is COc1cc2c(cc1F)C(=O)/C(=N/O)C2. The molecule has 0 aromatic heterocycles. The molecule has 5 heteroatoms. The quantitative estimate of drug-likeness (QED) is 0.561. The first-order valence-electron chi connectivity index (χ1n) is 4.29. The molecule has 0 aliphatic heterocycles. The molecule has 0 amide bonds. The third kappa shape index (κ3) is 1.36. The van der Waals surface area contributed by atoms with Crippen molar-refractivity contribution in [3.05, 3.63) is 29.1 Å². The Labute approximate surface area is 85.0 Å². The first-order chi connectivity index (χ1) is 7.17. The molecule has 78 valence electrons. The van der Waals surface area contributed by atoms with Gasteiger partial charge in [0.25, 0.3) is 0 Å². The molecule has 0 fully saturated rings. The predicted molar refractivity (Wildman–Crippen MR) is 50.2 cm³/mol. The molecule has 1 aliphatic carbocycles. The molecular formula is C10H8FNO3. The number of Topliss-reactive ketones (excluding diaryl/α,β-unsaturated/α-hetero) is 1. The standard InChI is InChI=1S/C10H8FNO3/c1-15-9-3-5-2-8(12-14)10(13)6(5)4-7(9)11/h3-4,14H,2H2,1H3/b12-8+. The van der Waals surface area contributed by atoms with Gasteiger partial charge in [0.1, 0.15) is 5.71 Å². The van der Waals surface area contributed by atoms with Gasteiger partial charge in [0.2, 0.25) is 5.78 Å². The highest BCUT2D eigenvalue weighted by molar-refractivity contribution is 6.49. The summed E-state index contributed by atoms with van der Waals surface area (Å²) in [5.74, 6) is -0.946. The van der Waals surface area contributed by atoms with E-state index in [-0.39, 0.29) is 23.4 Å². The van der Waals surface area contributed by atoms with Crippen molar-refractivity contribution in [2.75, 3.05) is 7.11 Å². The Kier molecular flexibility index (Phi) is 2.15. The largest absolute Gasteiger partial charge is 0.494 e. The maximum absolute atomic E-state index is 13.3. The number of fused-ring (bicyclic) bond motifs is 1. The van der Waals surface area contributed by atoms with Crippen LogP contribution in [0.1, 0.15) is 15.9 Å². The Hall–Kier alpha value is -1.91. The van der Waals surface area contributed by atoms with Gasteiger partial charge in [-0.05, 0) is 17.7 Å². The van der Waals surface area contributed by atoms with Crippen molar-refractivity contribution < 1.29 is 19.1 Å². The van der Waals surface area contributed by atoms with Crippen LogP contribution in [-0.2, 0) is 6.42 Å². The van der Waals surface area contributed by atoms with E-state index in [1.54, 1.807) is 0 Å². The number of carbonyl (C=O) groups is 1. The summed E-state index contributed by atoms with van der Waals surface area (Å²) in [7, 11) is 1.35. The number of hydrogen-bond acceptors (Lipinski definition) is 4. The summed E-state index contributed by atoms with van der Waals surface area (Å²) in [4.78, 5) is 11.5. The van der Waals surface area contributed by atoms with Crippen LogP contribution in [0.5, 0.6) is 5.75 Å². The van der Waals surface area contributed by atoms with Crippen molar-refractivity contribution in [2.24, 2.45) is 5.16 Å². The van der Waals surface area contributed by atoms with Gasteiger partial charge in [0.15, 0.2) is 11.6 Å². The normalized spacial score (nSPS) is 16.9. The third-order valence-electron chi connectivity index (χ3n) is 2.36. The molecule has 4 nitrogen and oxygen atoms in total. The molecule has 0 saturated heterocycles. The zero-order valence-corrected chi connectivity index (χ0v) is 7.95. The van der Waals surface area contributed by atoms with E-state index in [4.69, 9.17) is 9.94 Å². The van der Waals surface area contributed by atoms with Crippen molar-refractivity contribution in [3.8, 4) is 5.75 Å². The van der Waals surface area contributed by atoms with Gasteiger partial charge in [-0.3, -0.25) is 4.79 Å². The van der Waals surface area contributed by atoms with Gasteiger partial charge < -0.3 is 9.94 Å². The van der Waals surface area contributed by atoms with E-state index in [9.17, 15) is 9.18 Å². The summed E-state index contributed by atoms with van der Waals surface area (Å²) in [6, 6.07) is 2.55. The maximum atomic E-state index is 13.3. The molecule has 1 N–H and O–H groups in total. The van der Waals surface area contributed by atoms with Crippen LogP contribution < -0.4 is 4.74 Å². The average Bonchev–Trinajstić information content (AvgIpc) is 2.54. The minimum absolute atomic E-state index is 0.0256. The fourth-order valence-corrected chi connectivity index (χ4v) is 1.61. The lowest BCUT2D eigenvalue weighted by Gasteiger charge is -2.03. The summed E-state index contributed by atoms with van der Waals surface area (Å²) >= 11 is 0. The third-order valence-corrected chi connectivity index (χ3v) is 2.36. The highest BCUT2D eigenvalue weighted by Crippen LogP contribution is 2.27. The van der Waals surface area contributed by atoms with Gasteiger partial charge in [-0.15, -0.1) is 0 Å². The topological polar surface area (TPSA) is 58.9 Å². The maximum Gasteiger partial charge on any atom is 0.211 e. The average molecular weight is 209 g/mol. The van der Waals surface area contributed by atoms with E-state index < -0.39 is 11.6 Å². The zero-order chi connectivity index (χ0) is 11.0. The Balaban J connectivity index is 2.56. The van der Waals surface area contributed by atoms with Crippen LogP contribution in [0, 0.1) is 5.82 Å². The van der Waals surface area contributed by atoms with Crippen molar-refractivity contribution in [1.29, 1.82) is 0 Å². The smallest absolute Gasteiger partial charge is 0.211 e. The summed E-state index contributed by atoms with van der Waals surface area (Å²) < 4.78 is 18.1. The van der Waals surface area contributed by atoms with Gasteiger partial charge in [-0.25, -0.2) is 4.39 Å². The summed E-state index contributed by atoms with van der Waals surface area (Å²) in [6.07, 6.45) is 0.210. The Bertz CT molecular complexity index is 468. The van der Waals surface area contributed by atoms with Crippen molar-refractivity contribution in [3.63, 3.8) is 0 Å². The van der Waals surface area contributed by atoms with E-state index in [2.05, 4.69) is 5.16 Å².